The number of rotatable bonds is 7. The number of hydrogen-bond donors (Lipinski definition) is 3. The molecule has 0 saturated carbocycles. The first-order valence-corrected chi connectivity index (χ1v) is 7.98. The zero-order valence-electron chi connectivity index (χ0n) is 13.7. The number of aliphatic hydroxyl groups is 1. The zero-order chi connectivity index (χ0) is 17.4. The van der Waals surface area contributed by atoms with Gasteiger partial charge < -0.3 is 15.7 Å². The number of nitrogens with one attached hydrogen (secondary N) is 2. The van der Waals surface area contributed by atoms with Gasteiger partial charge in [-0.15, -0.1) is 0 Å². The van der Waals surface area contributed by atoms with Gasteiger partial charge in [0.05, 0.1) is 0 Å². The van der Waals surface area contributed by atoms with E-state index in [0.717, 1.165) is 0 Å². The Kier molecular flexibility index (Phi) is 6.51. The molecule has 5 heteroatoms. The van der Waals surface area contributed by atoms with E-state index in [1.807, 2.05) is 25.1 Å². The van der Waals surface area contributed by atoms with E-state index in [-0.39, 0.29) is 24.5 Å². The largest absolute Gasteiger partial charge is 0.396 e. The smallest absolute Gasteiger partial charge is 0.319 e. The molecule has 2 rings (SSSR count). The summed E-state index contributed by atoms with van der Waals surface area (Å²) >= 11 is 0. The number of benzene rings is 2. The van der Waals surface area contributed by atoms with Crippen LogP contribution in [0.4, 0.5) is 10.5 Å². The van der Waals surface area contributed by atoms with Crippen LogP contribution in [0.3, 0.4) is 0 Å². The highest BCUT2D eigenvalue weighted by Gasteiger charge is 2.11. The molecule has 1 atom stereocenters. The van der Waals surface area contributed by atoms with Crippen molar-refractivity contribution in [2.75, 3.05) is 11.9 Å². The van der Waals surface area contributed by atoms with Gasteiger partial charge >= 0.3 is 6.03 Å². The molecule has 0 bridgehead atoms. The second kappa shape index (κ2) is 8.84. The molecule has 0 radical (unpaired) electrons. The molecule has 0 saturated heterocycles. The van der Waals surface area contributed by atoms with Crippen molar-refractivity contribution in [3.05, 3.63) is 65.7 Å². The van der Waals surface area contributed by atoms with E-state index in [4.69, 9.17) is 5.11 Å². The minimum absolute atomic E-state index is 0.0358. The van der Waals surface area contributed by atoms with Crippen molar-refractivity contribution in [3.8, 4) is 0 Å². The highest BCUT2D eigenvalue weighted by molar-refractivity contribution is 6.09. The third kappa shape index (κ3) is 5.21. The number of urea groups is 1. The first-order chi connectivity index (χ1) is 11.6. The van der Waals surface area contributed by atoms with Crippen LogP contribution in [-0.4, -0.2) is 29.6 Å². The van der Waals surface area contributed by atoms with E-state index in [9.17, 15) is 9.59 Å². The van der Waals surface area contributed by atoms with Crippen LogP contribution in [0.25, 0.3) is 0 Å². The highest BCUT2D eigenvalue weighted by atomic mass is 16.3. The minimum atomic E-state index is -0.329. The van der Waals surface area contributed by atoms with Crippen LogP contribution in [0, 0.1) is 0 Å². The van der Waals surface area contributed by atoms with Crippen molar-refractivity contribution in [1.29, 1.82) is 0 Å². The highest BCUT2D eigenvalue weighted by Crippen LogP contribution is 2.15. The molecule has 24 heavy (non-hydrogen) atoms. The fourth-order valence-electron chi connectivity index (χ4n) is 2.35. The summed E-state index contributed by atoms with van der Waals surface area (Å²) in [5.74, 6) is -0.0871. The maximum absolute atomic E-state index is 12.4. The summed E-state index contributed by atoms with van der Waals surface area (Å²) < 4.78 is 0. The first-order valence-electron chi connectivity index (χ1n) is 7.98. The molecule has 2 aromatic rings. The zero-order valence-corrected chi connectivity index (χ0v) is 13.7. The van der Waals surface area contributed by atoms with Crippen molar-refractivity contribution in [3.63, 3.8) is 0 Å². The summed E-state index contributed by atoms with van der Waals surface area (Å²) in [4.78, 5) is 24.4. The van der Waals surface area contributed by atoms with Crippen LogP contribution < -0.4 is 10.6 Å². The van der Waals surface area contributed by atoms with Crippen LogP contribution in [0.5, 0.6) is 0 Å². The fourth-order valence-corrected chi connectivity index (χ4v) is 2.35. The van der Waals surface area contributed by atoms with Crippen molar-refractivity contribution >= 4 is 17.5 Å². The molecule has 2 amide bonds. The van der Waals surface area contributed by atoms with Gasteiger partial charge in [0, 0.05) is 29.5 Å². The molecular weight excluding hydrogens is 304 g/mol. The molecule has 2 aromatic carbocycles. The van der Waals surface area contributed by atoms with Crippen molar-refractivity contribution in [1.82, 2.24) is 5.32 Å². The van der Waals surface area contributed by atoms with Gasteiger partial charge in [-0.05, 0) is 31.9 Å². The van der Waals surface area contributed by atoms with Crippen LogP contribution >= 0.6 is 0 Å². The van der Waals surface area contributed by atoms with Crippen LogP contribution in [0.1, 0.15) is 35.7 Å². The summed E-state index contributed by atoms with van der Waals surface area (Å²) in [5.41, 5.74) is 1.69. The SMILES string of the molecule is CC(CCCO)NC(=O)Nc1cccc(C(=O)c2ccccc2)c1. The molecule has 5 nitrogen and oxygen atoms in total. The number of hydrogen-bond acceptors (Lipinski definition) is 3. The lowest BCUT2D eigenvalue weighted by Gasteiger charge is -2.14. The number of aliphatic hydroxyl groups excluding tert-OH is 1. The predicted molar refractivity (Wildman–Crippen MR) is 94.3 cm³/mol. The maximum Gasteiger partial charge on any atom is 0.319 e. The topological polar surface area (TPSA) is 78.4 Å². The molecule has 126 valence electrons. The molecular formula is C19H22N2O3. The van der Waals surface area contributed by atoms with E-state index in [1.165, 1.54) is 0 Å². The quantitative estimate of drug-likeness (QED) is 0.684. The second-order valence-corrected chi connectivity index (χ2v) is 5.64. The minimum Gasteiger partial charge on any atom is -0.396 e. The van der Waals surface area contributed by atoms with Gasteiger partial charge in [-0.1, -0.05) is 42.5 Å². The third-order valence-corrected chi connectivity index (χ3v) is 3.59. The van der Waals surface area contributed by atoms with Crippen molar-refractivity contribution in [2.24, 2.45) is 0 Å². The summed E-state index contributed by atoms with van der Waals surface area (Å²) in [5, 5.41) is 14.3. The monoisotopic (exact) mass is 326 g/mol. The number of ketones is 1. The van der Waals surface area contributed by atoms with E-state index in [0.29, 0.717) is 29.7 Å². The summed E-state index contributed by atoms with van der Waals surface area (Å²) in [6.07, 6.45) is 1.35. The van der Waals surface area contributed by atoms with Gasteiger partial charge in [0.15, 0.2) is 5.78 Å². The average molecular weight is 326 g/mol. The van der Waals surface area contributed by atoms with Crippen molar-refractivity contribution in [2.45, 2.75) is 25.8 Å². The summed E-state index contributed by atoms with van der Waals surface area (Å²) in [6.45, 7) is 1.99. The van der Waals surface area contributed by atoms with Gasteiger partial charge in [0.1, 0.15) is 0 Å². The molecule has 0 aliphatic heterocycles. The Morgan fingerprint density at radius 3 is 2.46 bits per heavy atom. The molecule has 0 fully saturated rings. The van der Waals surface area contributed by atoms with Gasteiger partial charge in [-0.2, -0.15) is 0 Å². The summed E-state index contributed by atoms with van der Waals surface area (Å²) in [7, 11) is 0. The molecule has 0 heterocycles. The Morgan fingerprint density at radius 1 is 1.04 bits per heavy atom. The lowest BCUT2D eigenvalue weighted by molar-refractivity contribution is 0.103. The number of anilines is 1. The Labute approximate surface area is 141 Å². The molecule has 1 unspecified atom stereocenters. The van der Waals surface area contributed by atoms with Crippen LogP contribution in [0.2, 0.25) is 0 Å². The molecule has 0 aliphatic rings. The lowest BCUT2D eigenvalue weighted by atomic mass is 10.0. The second-order valence-electron chi connectivity index (χ2n) is 5.64. The Bertz CT molecular complexity index is 686. The molecule has 0 aliphatic carbocycles. The predicted octanol–water partition coefficient (Wildman–Crippen LogP) is 3.20. The molecule has 3 N–H and O–H groups in total. The molecule has 0 spiro atoms. The Hall–Kier alpha value is -2.66. The third-order valence-electron chi connectivity index (χ3n) is 3.59. The van der Waals surface area contributed by atoms with E-state index in [1.54, 1.807) is 36.4 Å². The normalized spacial score (nSPS) is 11.6. The fraction of sp³-hybridized carbons (Fsp3) is 0.263. The Balaban J connectivity index is 2.00. The Morgan fingerprint density at radius 2 is 1.75 bits per heavy atom. The van der Waals surface area contributed by atoms with Gasteiger partial charge in [0.2, 0.25) is 0 Å². The summed E-state index contributed by atoms with van der Waals surface area (Å²) in [6, 6.07) is 15.5. The number of carbonyl (C=O) groups is 2. The van der Waals surface area contributed by atoms with E-state index in [2.05, 4.69) is 10.6 Å². The molecule has 0 aromatic heterocycles. The maximum atomic E-state index is 12.4. The van der Waals surface area contributed by atoms with Crippen LogP contribution in [-0.2, 0) is 0 Å². The standard InChI is InChI=1S/C19H22N2O3/c1-14(7-6-12-22)20-19(24)21-17-11-5-10-16(13-17)18(23)15-8-3-2-4-9-15/h2-5,8-11,13-14,22H,6-7,12H2,1H3,(H2,20,21,24). The first kappa shape index (κ1) is 17.7. The van der Waals surface area contributed by atoms with Crippen LogP contribution in [0.15, 0.2) is 54.6 Å². The number of amides is 2. The van der Waals surface area contributed by atoms with Crippen molar-refractivity contribution < 1.29 is 14.7 Å². The average Bonchev–Trinajstić information content (AvgIpc) is 2.60. The van der Waals surface area contributed by atoms with Gasteiger partial charge in [-0.3, -0.25) is 4.79 Å². The van der Waals surface area contributed by atoms with E-state index >= 15 is 0 Å². The van der Waals surface area contributed by atoms with Gasteiger partial charge in [-0.25, -0.2) is 4.79 Å². The van der Waals surface area contributed by atoms with Gasteiger partial charge in [0.25, 0.3) is 0 Å². The number of carbonyl (C=O) groups excluding carboxylic acids is 2. The lowest BCUT2D eigenvalue weighted by Crippen LogP contribution is -2.36. The van der Waals surface area contributed by atoms with E-state index < -0.39 is 0 Å².